The highest BCUT2D eigenvalue weighted by Gasteiger charge is 2.15. The molecule has 76 valence electrons. The van der Waals surface area contributed by atoms with Crippen molar-refractivity contribution < 1.29 is 4.79 Å². The highest BCUT2D eigenvalue weighted by Crippen LogP contribution is 2.21. The number of carbonyl (C=O) groups excluding carboxylic acids is 1. The minimum Gasteiger partial charge on any atom is -0.354 e. The van der Waals surface area contributed by atoms with Gasteiger partial charge in [0, 0.05) is 6.54 Å². The van der Waals surface area contributed by atoms with E-state index in [0.717, 1.165) is 6.54 Å². The van der Waals surface area contributed by atoms with E-state index >= 15 is 0 Å². The zero-order valence-electron chi connectivity index (χ0n) is 8.08. The van der Waals surface area contributed by atoms with Crippen molar-refractivity contribution in [1.29, 1.82) is 0 Å². The topological polar surface area (TPSA) is 55.1 Å². The molecular formula is C9H18N2OS. The zero-order valence-corrected chi connectivity index (χ0v) is 8.90. The molecule has 1 atom stereocenters. The highest BCUT2D eigenvalue weighted by molar-refractivity contribution is 7.99. The molecule has 0 aromatic heterocycles. The number of rotatable bonds is 3. The van der Waals surface area contributed by atoms with E-state index in [1.807, 2.05) is 11.8 Å². The highest BCUT2D eigenvalue weighted by atomic mass is 32.2. The SMILES string of the molecule is CC(N)C(=O)NCC1CCSCC1. The summed E-state index contributed by atoms with van der Waals surface area (Å²) < 4.78 is 0. The number of hydrogen-bond acceptors (Lipinski definition) is 3. The lowest BCUT2D eigenvalue weighted by Gasteiger charge is -2.21. The van der Waals surface area contributed by atoms with Crippen molar-refractivity contribution in [1.82, 2.24) is 5.32 Å². The van der Waals surface area contributed by atoms with Gasteiger partial charge in [-0.2, -0.15) is 11.8 Å². The Balaban J connectivity index is 2.13. The lowest BCUT2D eigenvalue weighted by atomic mass is 10.0. The van der Waals surface area contributed by atoms with E-state index in [1.54, 1.807) is 6.92 Å². The van der Waals surface area contributed by atoms with Crippen LogP contribution < -0.4 is 11.1 Å². The average Bonchev–Trinajstić information content (AvgIpc) is 2.15. The summed E-state index contributed by atoms with van der Waals surface area (Å²) >= 11 is 2.00. The summed E-state index contributed by atoms with van der Waals surface area (Å²) in [5.74, 6) is 3.11. The van der Waals surface area contributed by atoms with Gasteiger partial charge in [-0.25, -0.2) is 0 Å². The molecule has 4 heteroatoms. The molecule has 13 heavy (non-hydrogen) atoms. The fourth-order valence-corrected chi connectivity index (χ4v) is 2.56. The molecule has 0 aromatic carbocycles. The first-order chi connectivity index (χ1) is 6.20. The molecule has 0 aliphatic carbocycles. The number of carbonyl (C=O) groups is 1. The van der Waals surface area contributed by atoms with Crippen LogP contribution in [0.5, 0.6) is 0 Å². The Labute approximate surface area is 83.8 Å². The van der Waals surface area contributed by atoms with Gasteiger partial charge in [0.15, 0.2) is 0 Å². The molecule has 1 heterocycles. The van der Waals surface area contributed by atoms with Gasteiger partial charge in [-0.05, 0) is 37.2 Å². The smallest absolute Gasteiger partial charge is 0.236 e. The summed E-state index contributed by atoms with van der Waals surface area (Å²) in [6, 6.07) is -0.377. The molecule has 1 aliphatic rings. The molecule has 0 radical (unpaired) electrons. The van der Waals surface area contributed by atoms with Crippen LogP contribution in [0.4, 0.5) is 0 Å². The molecule has 0 bridgehead atoms. The molecule has 1 aliphatic heterocycles. The van der Waals surface area contributed by atoms with Crippen molar-refractivity contribution in [2.75, 3.05) is 18.1 Å². The van der Waals surface area contributed by atoms with Gasteiger partial charge in [-0.15, -0.1) is 0 Å². The summed E-state index contributed by atoms with van der Waals surface area (Å²) in [6.07, 6.45) is 2.45. The lowest BCUT2D eigenvalue weighted by molar-refractivity contribution is -0.122. The van der Waals surface area contributed by atoms with E-state index in [2.05, 4.69) is 5.32 Å². The van der Waals surface area contributed by atoms with Crippen LogP contribution in [0.15, 0.2) is 0 Å². The van der Waals surface area contributed by atoms with Crippen LogP contribution in [0.1, 0.15) is 19.8 Å². The van der Waals surface area contributed by atoms with Gasteiger partial charge in [0.2, 0.25) is 5.91 Å². The van der Waals surface area contributed by atoms with Crippen LogP contribution in [0.2, 0.25) is 0 Å². The summed E-state index contributed by atoms with van der Waals surface area (Å²) in [7, 11) is 0. The second-order valence-corrected chi connectivity index (χ2v) is 4.81. The lowest BCUT2D eigenvalue weighted by Crippen LogP contribution is -2.40. The average molecular weight is 202 g/mol. The fraction of sp³-hybridized carbons (Fsp3) is 0.889. The largest absolute Gasteiger partial charge is 0.354 e. The molecule has 0 saturated carbocycles. The molecule has 0 aromatic rings. The molecule has 1 fully saturated rings. The third-order valence-corrected chi connectivity index (χ3v) is 3.37. The van der Waals surface area contributed by atoms with Crippen LogP contribution in [0, 0.1) is 5.92 Å². The van der Waals surface area contributed by atoms with Crippen LogP contribution in [0.25, 0.3) is 0 Å². The number of nitrogens with two attached hydrogens (primary N) is 1. The third kappa shape index (κ3) is 4.00. The second kappa shape index (κ2) is 5.50. The standard InChI is InChI=1S/C9H18N2OS/c1-7(10)9(12)11-6-8-2-4-13-5-3-8/h7-8H,2-6,10H2,1H3,(H,11,12). The van der Waals surface area contributed by atoms with Crippen molar-refractivity contribution in [3.05, 3.63) is 0 Å². The number of nitrogens with one attached hydrogen (secondary N) is 1. The van der Waals surface area contributed by atoms with Gasteiger partial charge in [0.05, 0.1) is 6.04 Å². The molecule has 1 saturated heterocycles. The molecule has 3 N–H and O–H groups in total. The number of thioether (sulfide) groups is 1. The van der Waals surface area contributed by atoms with Crippen LogP contribution in [0.3, 0.4) is 0 Å². The Morgan fingerprint density at radius 1 is 1.62 bits per heavy atom. The van der Waals surface area contributed by atoms with E-state index in [9.17, 15) is 4.79 Å². The van der Waals surface area contributed by atoms with E-state index in [1.165, 1.54) is 24.3 Å². The zero-order chi connectivity index (χ0) is 9.68. The van der Waals surface area contributed by atoms with Crippen molar-refractivity contribution in [3.63, 3.8) is 0 Å². The molecule has 1 rings (SSSR count). The molecule has 1 amide bonds. The van der Waals surface area contributed by atoms with E-state index in [4.69, 9.17) is 5.73 Å². The molecule has 3 nitrogen and oxygen atoms in total. The molecular weight excluding hydrogens is 184 g/mol. The Bertz CT molecular complexity index is 167. The van der Waals surface area contributed by atoms with Crippen LogP contribution in [-0.4, -0.2) is 30.0 Å². The van der Waals surface area contributed by atoms with Crippen LogP contribution in [-0.2, 0) is 4.79 Å². The first-order valence-corrected chi connectivity index (χ1v) is 5.96. The minimum atomic E-state index is -0.377. The maximum absolute atomic E-state index is 11.1. The van der Waals surface area contributed by atoms with Crippen molar-refractivity contribution >= 4 is 17.7 Å². The Kier molecular flexibility index (Phi) is 4.59. The summed E-state index contributed by atoms with van der Waals surface area (Å²) in [4.78, 5) is 11.1. The van der Waals surface area contributed by atoms with Gasteiger partial charge in [0.25, 0.3) is 0 Å². The van der Waals surface area contributed by atoms with E-state index in [-0.39, 0.29) is 11.9 Å². The van der Waals surface area contributed by atoms with Gasteiger partial charge >= 0.3 is 0 Å². The van der Waals surface area contributed by atoms with Crippen molar-refractivity contribution in [2.24, 2.45) is 11.7 Å². The van der Waals surface area contributed by atoms with E-state index < -0.39 is 0 Å². The molecule has 1 unspecified atom stereocenters. The van der Waals surface area contributed by atoms with Gasteiger partial charge in [-0.3, -0.25) is 4.79 Å². The monoisotopic (exact) mass is 202 g/mol. The quantitative estimate of drug-likeness (QED) is 0.704. The Morgan fingerprint density at radius 3 is 2.77 bits per heavy atom. The van der Waals surface area contributed by atoms with E-state index in [0.29, 0.717) is 5.92 Å². The van der Waals surface area contributed by atoms with Gasteiger partial charge in [0.1, 0.15) is 0 Å². The number of hydrogen-bond donors (Lipinski definition) is 2. The van der Waals surface area contributed by atoms with Crippen molar-refractivity contribution in [2.45, 2.75) is 25.8 Å². The first-order valence-electron chi connectivity index (χ1n) is 4.81. The van der Waals surface area contributed by atoms with Gasteiger partial charge < -0.3 is 11.1 Å². The maximum Gasteiger partial charge on any atom is 0.236 e. The van der Waals surface area contributed by atoms with Gasteiger partial charge in [-0.1, -0.05) is 0 Å². The number of amides is 1. The summed E-state index contributed by atoms with van der Waals surface area (Å²) in [5, 5.41) is 2.88. The second-order valence-electron chi connectivity index (χ2n) is 3.59. The minimum absolute atomic E-state index is 0.0294. The summed E-state index contributed by atoms with van der Waals surface area (Å²) in [6.45, 7) is 2.52. The van der Waals surface area contributed by atoms with Crippen molar-refractivity contribution in [3.8, 4) is 0 Å². The summed E-state index contributed by atoms with van der Waals surface area (Å²) in [5.41, 5.74) is 5.44. The maximum atomic E-state index is 11.1. The predicted molar refractivity (Wildman–Crippen MR) is 56.7 cm³/mol. The normalized spacial score (nSPS) is 21.1. The molecule has 0 spiro atoms. The predicted octanol–water partition coefficient (Wildman–Crippen LogP) is 0.593. The third-order valence-electron chi connectivity index (χ3n) is 2.32. The first kappa shape index (κ1) is 10.9. The van der Waals surface area contributed by atoms with Crippen LogP contribution >= 0.6 is 11.8 Å². The Hall–Kier alpha value is -0.220. The Morgan fingerprint density at radius 2 is 2.23 bits per heavy atom. The fourth-order valence-electron chi connectivity index (χ4n) is 1.36.